The zero-order chi connectivity index (χ0) is 13.0. The Morgan fingerprint density at radius 1 is 1.39 bits per heavy atom. The van der Waals surface area contributed by atoms with Crippen LogP contribution in [0.15, 0.2) is 46.0 Å². The lowest BCUT2D eigenvalue weighted by atomic mass is 10.2. The third kappa shape index (κ3) is 3.51. The van der Waals surface area contributed by atoms with Crippen molar-refractivity contribution < 1.29 is 4.79 Å². The summed E-state index contributed by atoms with van der Waals surface area (Å²) in [6, 6.07) is 11.2. The molecular weight excluding hydrogens is 312 g/mol. The molecule has 0 bridgehead atoms. The molecule has 0 radical (unpaired) electrons. The van der Waals surface area contributed by atoms with Crippen LogP contribution in [-0.4, -0.2) is 12.1 Å². The van der Waals surface area contributed by atoms with Crippen LogP contribution < -0.4 is 5.43 Å². The largest absolute Gasteiger partial charge is 0.271 e. The molecule has 0 aliphatic rings. The highest BCUT2D eigenvalue weighted by Crippen LogP contribution is 2.13. The molecule has 0 fully saturated rings. The number of nitrogens with zero attached hydrogens (tertiary/aromatic N) is 1. The van der Waals surface area contributed by atoms with Crippen LogP contribution in [0.3, 0.4) is 0 Å². The molecule has 1 N–H and O–H groups in total. The average Bonchev–Trinajstić information content (AvgIpc) is 2.75. The molecule has 1 heterocycles. The van der Waals surface area contributed by atoms with Crippen molar-refractivity contribution in [1.29, 1.82) is 0 Å². The molecule has 0 spiro atoms. The SMILES string of the molecule is Cc1ccc(C=NNC(=O)c2cccc(Br)c2)s1. The molecule has 92 valence electrons. The van der Waals surface area contributed by atoms with Crippen molar-refractivity contribution in [3.05, 3.63) is 56.2 Å². The van der Waals surface area contributed by atoms with Crippen molar-refractivity contribution >= 4 is 39.4 Å². The predicted octanol–water partition coefficient (Wildman–Crippen LogP) is 3.58. The Bertz CT molecular complexity index is 592. The number of hydrazone groups is 1. The Morgan fingerprint density at radius 3 is 2.89 bits per heavy atom. The van der Waals surface area contributed by atoms with Gasteiger partial charge in [0.1, 0.15) is 0 Å². The van der Waals surface area contributed by atoms with E-state index in [0.29, 0.717) is 5.56 Å². The van der Waals surface area contributed by atoms with Crippen molar-refractivity contribution in [1.82, 2.24) is 5.43 Å². The molecule has 1 aromatic heterocycles. The van der Waals surface area contributed by atoms with Crippen molar-refractivity contribution in [2.75, 3.05) is 0 Å². The zero-order valence-electron chi connectivity index (χ0n) is 9.68. The molecule has 0 aliphatic heterocycles. The van der Waals surface area contributed by atoms with Crippen LogP contribution in [0.5, 0.6) is 0 Å². The normalized spacial score (nSPS) is 10.8. The second-order valence-corrected chi connectivity index (χ2v) is 5.89. The van der Waals surface area contributed by atoms with Crippen molar-refractivity contribution in [3.8, 4) is 0 Å². The molecule has 0 unspecified atom stereocenters. The van der Waals surface area contributed by atoms with E-state index >= 15 is 0 Å². The molecule has 18 heavy (non-hydrogen) atoms. The molecule has 1 amide bonds. The monoisotopic (exact) mass is 322 g/mol. The van der Waals surface area contributed by atoms with Gasteiger partial charge in [-0.15, -0.1) is 11.3 Å². The number of hydrogen-bond acceptors (Lipinski definition) is 3. The number of thiophene rings is 1. The molecule has 3 nitrogen and oxygen atoms in total. The number of amides is 1. The lowest BCUT2D eigenvalue weighted by Crippen LogP contribution is -2.17. The summed E-state index contributed by atoms with van der Waals surface area (Å²) < 4.78 is 0.869. The molecule has 2 aromatic rings. The zero-order valence-corrected chi connectivity index (χ0v) is 12.1. The van der Waals surface area contributed by atoms with E-state index in [1.54, 1.807) is 29.7 Å². The number of halogens is 1. The van der Waals surface area contributed by atoms with Gasteiger partial charge < -0.3 is 0 Å². The number of carbonyl (C=O) groups is 1. The summed E-state index contributed by atoms with van der Waals surface area (Å²) in [6.07, 6.45) is 1.65. The van der Waals surface area contributed by atoms with Crippen molar-refractivity contribution in [2.24, 2.45) is 5.10 Å². The third-order valence-electron chi connectivity index (χ3n) is 2.21. The van der Waals surface area contributed by atoms with E-state index in [4.69, 9.17) is 0 Å². The standard InChI is InChI=1S/C13H11BrN2OS/c1-9-5-6-12(18-9)8-15-16-13(17)10-3-2-4-11(14)7-10/h2-8H,1H3,(H,16,17). The first kappa shape index (κ1) is 13.0. The molecule has 0 saturated heterocycles. The number of carbonyl (C=O) groups excluding carboxylic acids is 1. The van der Waals surface area contributed by atoms with Crippen LogP contribution in [0.2, 0.25) is 0 Å². The Hall–Kier alpha value is -1.46. The molecule has 5 heteroatoms. The van der Waals surface area contributed by atoms with E-state index in [9.17, 15) is 4.79 Å². The van der Waals surface area contributed by atoms with E-state index in [1.165, 1.54) is 4.88 Å². The molecule has 0 aliphatic carbocycles. The first-order chi connectivity index (χ1) is 8.65. The minimum absolute atomic E-state index is 0.221. The van der Waals surface area contributed by atoms with Gasteiger partial charge in [-0.25, -0.2) is 5.43 Å². The summed E-state index contributed by atoms with van der Waals surface area (Å²) in [4.78, 5) is 14.0. The van der Waals surface area contributed by atoms with Gasteiger partial charge in [-0.1, -0.05) is 22.0 Å². The van der Waals surface area contributed by atoms with Gasteiger partial charge in [-0.2, -0.15) is 5.10 Å². The van der Waals surface area contributed by atoms with Gasteiger partial charge in [-0.3, -0.25) is 4.79 Å². The topological polar surface area (TPSA) is 41.5 Å². The first-order valence-corrected chi connectivity index (χ1v) is 6.91. The van der Waals surface area contributed by atoms with Crippen LogP contribution in [0.25, 0.3) is 0 Å². The number of rotatable bonds is 3. The van der Waals surface area contributed by atoms with E-state index in [0.717, 1.165) is 9.35 Å². The van der Waals surface area contributed by atoms with Crippen molar-refractivity contribution in [2.45, 2.75) is 6.92 Å². The minimum atomic E-state index is -0.221. The molecule has 0 atom stereocenters. The number of nitrogens with one attached hydrogen (secondary N) is 1. The highest BCUT2D eigenvalue weighted by atomic mass is 79.9. The van der Waals surface area contributed by atoms with Crippen LogP contribution in [-0.2, 0) is 0 Å². The molecular formula is C13H11BrN2OS. The highest BCUT2D eigenvalue weighted by Gasteiger charge is 2.03. The summed E-state index contributed by atoms with van der Waals surface area (Å²) >= 11 is 4.95. The minimum Gasteiger partial charge on any atom is -0.267 e. The maximum absolute atomic E-state index is 11.8. The smallest absolute Gasteiger partial charge is 0.267 e. The summed E-state index contributed by atoms with van der Waals surface area (Å²) in [5, 5.41) is 3.93. The fourth-order valence-electron chi connectivity index (χ4n) is 1.37. The summed E-state index contributed by atoms with van der Waals surface area (Å²) in [7, 11) is 0. The third-order valence-corrected chi connectivity index (χ3v) is 3.63. The summed E-state index contributed by atoms with van der Waals surface area (Å²) in [5.41, 5.74) is 3.07. The van der Waals surface area contributed by atoms with E-state index < -0.39 is 0 Å². The van der Waals surface area contributed by atoms with Gasteiger partial charge in [0.25, 0.3) is 5.91 Å². The molecule has 1 aromatic carbocycles. The van der Waals surface area contributed by atoms with Gasteiger partial charge in [0.15, 0.2) is 0 Å². The second kappa shape index (κ2) is 5.93. The molecule has 0 saturated carbocycles. The number of aryl methyl sites for hydroxylation is 1. The lowest BCUT2D eigenvalue weighted by molar-refractivity contribution is 0.0955. The first-order valence-electron chi connectivity index (χ1n) is 5.30. The van der Waals surface area contributed by atoms with Gasteiger partial charge in [0.2, 0.25) is 0 Å². The predicted molar refractivity (Wildman–Crippen MR) is 78.3 cm³/mol. The second-order valence-electron chi connectivity index (χ2n) is 3.66. The lowest BCUT2D eigenvalue weighted by Gasteiger charge is -1.99. The van der Waals surface area contributed by atoms with E-state index in [-0.39, 0.29) is 5.91 Å². The van der Waals surface area contributed by atoms with E-state index in [2.05, 4.69) is 26.5 Å². The Kier molecular flexibility index (Phi) is 4.28. The fourth-order valence-corrected chi connectivity index (χ4v) is 2.52. The van der Waals surface area contributed by atoms with E-state index in [1.807, 2.05) is 31.2 Å². The van der Waals surface area contributed by atoms with Gasteiger partial charge in [0.05, 0.1) is 6.21 Å². The number of hydrogen-bond donors (Lipinski definition) is 1. The summed E-state index contributed by atoms with van der Waals surface area (Å²) in [6.45, 7) is 2.03. The quantitative estimate of drug-likeness (QED) is 0.681. The Labute approximate surface area is 118 Å². The Morgan fingerprint density at radius 2 is 2.22 bits per heavy atom. The molecule has 2 rings (SSSR count). The highest BCUT2D eigenvalue weighted by molar-refractivity contribution is 9.10. The maximum Gasteiger partial charge on any atom is 0.271 e. The number of benzene rings is 1. The van der Waals surface area contributed by atoms with Gasteiger partial charge >= 0.3 is 0 Å². The van der Waals surface area contributed by atoms with Crippen LogP contribution in [0.4, 0.5) is 0 Å². The van der Waals surface area contributed by atoms with Gasteiger partial charge in [-0.05, 0) is 37.3 Å². The van der Waals surface area contributed by atoms with Gasteiger partial charge in [0, 0.05) is 19.8 Å². The van der Waals surface area contributed by atoms with Crippen molar-refractivity contribution in [3.63, 3.8) is 0 Å². The Balaban J connectivity index is 1.98. The average molecular weight is 323 g/mol. The summed E-state index contributed by atoms with van der Waals surface area (Å²) in [5.74, 6) is -0.221. The van der Waals surface area contributed by atoms with Crippen LogP contribution in [0.1, 0.15) is 20.1 Å². The van der Waals surface area contributed by atoms with Crippen LogP contribution >= 0.6 is 27.3 Å². The van der Waals surface area contributed by atoms with Crippen LogP contribution in [0, 0.1) is 6.92 Å². The maximum atomic E-state index is 11.8. The fraction of sp³-hybridized carbons (Fsp3) is 0.0769.